The number of aryl methyl sites for hydroxylation is 1. The van der Waals surface area contributed by atoms with E-state index in [9.17, 15) is 0 Å². The Morgan fingerprint density at radius 3 is 2.73 bits per heavy atom. The Morgan fingerprint density at radius 1 is 1.53 bits per heavy atom. The molecule has 1 saturated heterocycles. The molecule has 0 amide bonds. The normalized spacial score (nSPS) is 19.7. The van der Waals surface area contributed by atoms with Crippen molar-refractivity contribution in [3.8, 4) is 0 Å². The van der Waals surface area contributed by atoms with Gasteiger partial charge in [0, 0.05) is 26.8 Å². The fourth-order valence-corrected chi connectivity index (χ4v) is 3.57. The van der Waals surface area contributed by atoms with Gasteiger partial charge in [-0.25, -0.2) is 0 Å². The number of hydrogen-bond donors (Lipinski definition) is 1. The number of rotatable bonds is 2. The Kier molecular flexibility index (Phi) is 3.83. The van der Waals surface area contributed by atoms with Crippen LogP contribution in [0.15, 0.2) is 10.5 Å². The average Bonchev–Trinajstić information content (AvgIpc) is 2.50. The van der Waals surface area contributed by atoms with E-state index in [2.05, 4.69) is 33.8 Å². The van der Waals surface area contributed by atoms with Gasteiger partial charge in [-0.05, 0) is 54.9 Å². The van der Waals surface area contributed by atoms with Crippen molar-refractivity contribution < 1.29 is 0 Å². The number of thiophene rings is 1. The van der Waals surface area contributed by atoms with E-state index in [0.717, 1.165) is 32.5 Å². The van der Waals surface area contributed by atoms with Crippen LogP contribution in [0.2, 0.25) is 0 Å². The van der Waals surface area contributed by atoms with Crippen molar-refractivity contribution in [3.05, 3.63) is 20.3 Å². The molecule has 2 N–H and O–H groups in total. The molecule has 0 unspecified atom stereocenters. The minimum atomic E-state index is 0.429. The van der Waals surface area contributed by atoms with Gasteiger partial charge in [0.2, 0.25) is 0 Å². The fourth-order valence-electron chi connectivity index (χ4n) is 1.93. The third kappa shape index (κ3) is 3.03. The van der Waals surface area contributed by atoms with Crippen LogP contribution in [-0.2, 0) is 6.54 Å². The summed E-state index contributed by atoms with van der Waals surface area (Å²) in [6.07, 6.45) is 2.29. The molecular weight excluding hydrogens is 272 g/mol. The summed E-state index contributed by atoms with van der Waals surface area (Å²) < 4.78 is 1.25. The molecule has 0 bridgehead atoms. The number of hydrogen-bond acceptors (Lipinski definition) is 3. The highest BCUT2D eigenvalue weighted by Gasteiger charge is 2.16. The van der Waals surface area contributed by atoms with Crippen LogP contribution >= 0.6 is 27.3 Å². The van der Waals surface area contributed by atoms with Gasteiger partial charge in [0.1, 0.15) is 0 Å². The third-order valence-corrected chi connectivity index (χ3v) is 5.04. The molecule has 2 heterocycles. The summed E-state index contributed by atoms with van der Waals surface area (Å²) >= 11 is 5.45. The standard InChI is InChI=1S/C11H17BrN2S/c1-8-11(12)6-10(15-8)7-14-4-2-9(13)3-5-14/h6,9H,2-5,7,13H2,1H3. The van der Waals surface area contributed by atoms with E-state index < -0.39 is 0 Å². The van der Waals surface area contributed by atoms with Crippen LogP contribution in [0.1, 0.15) is 22.6 Å². The molecule has 2 rings (SSSR count). The lowest BCUT2D eigenvalue weighted by Gasteiger charge is -2.29. The van der Waals surface area contributed by atoms with Gasteiger partial charge in [0.25, 0.3) is 0 Å². The summed E-state index contributed by atoms with van der Waals surface area (Å²) in [4.78, 5) is 5.33. The summed E-state index contributed by atoms with van der Waals surface area (Å²) in [6, 6.07) is 2.67. The highest BCUT2D eigenvalue weighted by atomic mass is 79.9. The van der Waals surface area contributed by atoms with E-state index in [-0.39, 0.29) is 0 Å². The summed E-state index contributed by atoms with van der Waals surface area (Å²) in [5, 5.41) is 0. The molecule has 0 atom stereocenters. The topological polar surface area (TPSA) is 29.3 Å². The van der Waals surface area contributed by atoms with Crippen molar-refractivity contribution in [2.45, 2.75) is 32.4 Å². The molecule has 1 aliphatic rings. The molecule has 15 heavy (non-hydrogen) atoms. The summed E-state index contributed by atoms with van der Waals surface area (Å²) in [5.74, 6) is 0. The lowest BCUT2D eigenvalue weighted by atomic mass is 10.1. The van der Waals surface area contributed by atoms with Gasteiger partial charge in [-0.3, -0.25) is 4.90 Å². The molecule has 84 valence electrons. The van der Waals surface area contributed by atoms with Crippen molar-refractivity contribution >= 4 is 27.3 Å². The molecule has 0 saturated carbocycles. The second-order valence-corrected chi connectivity index (χ2v) is 6.43. The number of piperidine rings is 1. The monoisotopic (exact) mass is 288 g/mol. The largest absolute Gasteiger partial charge is 0.328 e. The molecule has 0 aromatic carbocycles. The Balaban J connectivity index is 1.91. The van der Waals surface area contributed by atoms with Crippen LogP contribution in [-0.4, -0.2) is 24.0 Å². The van der Waals surface area contributed by atoms with E-state index in [4.69, 9.17) is 5.73 Å². The highest BCUT2D eigenvalue weighted by Crippen LogP contribution is 2.27. The minimum Gasteiger partial charge on any atom is -0.328 e. The number of nitrogens with zero attached hydrogens (tertiary/aromatic N) is 1. The maximum atomic E-state index is 5.89. The van der Waals surface area contributed by atoms with E-state index >= 15 is 0 Å². The van der Waals surface area contributed by atoms with E-state index in [0.29, 0.717) is 6.04 Å². The van der Waals surface area contributed by atoms with Crippen LogP contribution < -0.4 is 5.73 Å². The number of halogens is 1. The zero-order valence-corrected chi connectivity index (χ0v) is 11.4. The van der Waals surface area contributed by atoms with Gasteiger partial charge in [-0.1, -0.05) is 0 Å². The molecule has 1 aromatic heterocycles. The fraction of sp³-hybridized carbons (Fsp3) is 0.636. The highest BCUT2D eigenvalue weighted by molar-refractivity contribution is 9.10. The van der Waals surface area contributed by atoms with Crippen LogP contribution in [0.25, 0.3) is 0 Å². The molecule has 0 radical (unpaired) electrons. The summed E-state index contributed by atoms with van der Waals surface area (Å²) in [7, 11) is 0. The first-order valence-corrected chi connectivity index (χ1v) is 6.99. The minimum absolute atomic E-state index is 0.429. The van der Waals surface area contributed by atoms with Gasteiger partial charge in [0.15, 0.2) is 0 Å². The first-order chi connectivity index (χ1) is 7.15. The molecule has 2 nitrogen and oxygen atoms in total. The zero-order chi connectivity index (χ0) is 10.8. The van der Waals surface area contributed by atoms with Crippen molar-refractivity contribution in [2.24, 2.45) is 5.73 Å². The Bertz CT molecular complexity index is 310. The number of likely N-dealkylation sites (tertiary alicyclic amines) is 1. The van der Waals surface area contributed by atoms with Crippen molar-refractivity contribution in [3.63, 3.8) is 0 Å². The second kappa shape index (κ2) is 4.95. The van der Waals surface area contributed by atoms with E-state index in [1.165, 1.54) is 14.2 Å². The molecule has 1 fully saturated rings. The molecule has 0 spiro atoms. The van der Waals surface area contributed by atoms with Crippen LogP contribution in [0, 0.1) is 6.92 Å². The zero-order valence-electron chi connectivity index (χ0n) is 9.00. The van der Waals surface area contributed by atoms with Crippen molar-refractivity contribution in [1.82, 2.24) is 4.90 Å². The molecule has 1 aromatic rings. The average molecular weight is 289 g/mol. The van der Waals surface area contributed by atoms with Crippen LogP contribution in [0.5, 0.6) is 0 Å². The van der Waals surface area contributed by atoms with Gasteiger partial charge in [-0.15, -0.1) is 11.3 Å². The first kappa shape index (κ1) is 11.6. The quantitative estimate of drug-likeness (QED) is 0.907. The molecule has 4 heteroatoms. The Hall–Kier alpha value is 0.100. The predicted molar refractivity (Wildman–Crippen MR) is 69.2 cm³/mol. The maximum absolute atomic E-state index is 5.89. The SMILES string of the molecule is Cc1sc(CN2CCC(N)CC2)cc1Br. The lowest BCUT2D eigenvalue weighted by molar-refractivity contribution is 0.207. The van der Waals surface area contributed by atoms with Gasteiger partial charge >= 0.3 is 0 Å². The summed E-state index contributed by atoms with van der Waals surface area (Å²) in [6.45, 7) is 5.54. The van der Waals surface area contributed by atoms with Crippen molar-refractivity contribution in [1.29, 1.82) is 0 Å². The summed E-state index contributed by atoms with van der Waals surface area (Å²) in [5.41, 5.74) is 5.89. The smallest absolute Gasteiger partial charge is 0.0328 e. The number of nitrogens with two attached hydrogens (primary N) is 1. The van der Waals surface area contributed by atoms with Gasteiger partial charge in [-0.2, -0.15) is 0 Å². The maximum Gasteiger partial charge on any atom is 0.0328 e. The first-order valence-electron chi connectivity index (χ1n) is 5.38. The van der Waals surface area contributed by atoms with Crippen LogP contribution in [0.4, 0.5) is 0 Å². The molecule has 0 aliphatic carbocycles. The predicted octanol–water partition coefficient (Wildman–Crippen LogP) is 2.74. The van der Waals surface area contributed by atoms with Gasteiger partial charge in [0.05, 0.1) is 0 Å². The van der Waals surface area contributed by atoms with Gasteiger partial charge < -0.3 is 5.73 Å². The molecule has 1 aliphatic heterocycles. The van der Waals surface area contributed by atoms with E-state index in [1.54, 1.807) is 0 Å². The molecular formula is C11H17BrN2S. The lowest BCUT2D eigenvalue weighted by Crippen LogP contribution is -2.39. The van der Waals surface area contributed by atoms with E-state index in [1.807, 2.05) is 11.3 Å². The van der Waals surface area contributed by atoms with Crippen molar-refractivity contribution in [2.75, 3.05) is 13.1 Å². The van der Waals surface area contributed by atoms with Crippen LogP contribution in [0.3, 0.4) is 0 Å². The Morgan fingerprint density at radius 2 is 2.20 bits per heavy atom. The third-order valence-electron chi connectivity index (χ3n) is 2.92. The second-order valence-electron chi connectivity index (χ2n) is 4.23. The Labute approximate surface area is 104 Å².